The van der Waals surface area contributed by atoms with Crippen molar-refractivity contribution in [1.29, 1.82) is 0 Å². The molecule has 1 aliphatic heterocycles. The van der Waals surface area contributed by atoms with E-state index < -0.39 is 12.0 Å². The van der Waals surface area contributed by atoms with Gasteiger partial charge >= 0.3 is 0 Å². The first-order chi connectivity index (χ1) is 18.1. The molecule has 38 heavy (non-hydrogen) atoms. The van der Waals surface area contributed by atoms with Crippen LogP contribution in [0.3, 0.4) is 0 Å². The Morgan fingerprint density at radius 1 is 0.921 bits per heavy atom. The summed E-state index contributed by atoms with van der Waals surface area (Å²) >= 11 is 0. The lowest BCUT2D eigenvalue weighted by atomic mass is 9.92. The number of carbonyl (C=O) groups excluding carboxylic acids is 5. The summed E-state index contributed by atoms with van der Waals surface area (Å²) in [5.74, 6) is -2.35. The van der Waals surface area contributed by atoms with Crippen LogP contribution in [0.4, 0.5) is 5.69 Å². The standard InChI is InChI=1S/C27H37N3O8/c1-18(2)26(22(32)16-19(3)27(36)28-21-6-4-20(17-31)5-7-21)29-23(33)10-12-37-14-15-38-13-11-30-24(34)8-9-25(30)35/h4-9,18-19,26,31H,10-17H2,1-3H3,(H,28,36)(H,29,33)/t19-,26+/m1/s1. The Morgan fingerprint density at radius 2 is 1.53 bits per heavy atom. The van der Waals surface area contributed by atoms with Crippen LogP contribution in [0.15, 0.2) is 36.4 Å². The molecule has 3 N–H and O–H groups in total. The molecule has 0 aliphatic carbocycles. The van der Waals surface area contributed by atoms with E-state index in [0.717, 1.165) is 10.5 Å². The van der Waals surface area contributed by atoms with Crippen LogP contribution in [0.2, 0.25) is 0 Å². The number of anilines is 1. The molecule has 1 aromatic carbocycles. The third-order valence-corrected chi connectivity index (χ3v) is 5.89. The van der Waals surface area contributed by atoms with Crippen molar-refractivity contribution < 1.29 is 38.6 Å². The highest BCUT2D eigenvalue weighted by atomic mass is 16.5. The summed E-state index contributed by atoms with van der Waals surface area (Å²) in [5, 5.41) is 14.6. The van der Waals surface area contributed by atoms with E-state index in [-0.39, 0.29) is 87.8 Å². The van der Waals surface area contributed by atoms with Crippen LogP contribution < -0.4 is 10.6 Å². The van der Waals surface area contributed by atoms with Crippen LogP contribution in [0.1, 0.15) is 39.2 Å². The highest BCUT2D eigenvalue weighted by Gasteiger charge is 2.27. The Morgan fingerprint density at radius 3 is 2.11 bits per heavy atom. The van der Waals surface area contributed by atoms with Gasteiger partial charge in [-0.25, -0.2) is 0 Å². The van der Waals surface area contributed by atoms with Gasteiger partial charge in [0.05, 0.1) is 45.6 Å². The highest BCUT2D eigenvalue weighted by Crippen LogP contribution is 2.15. The van der Waals surface area contributed by atoms with E-state index in [1.807, 2.05) is 13.8 Å². The third kappa shape index (κ3) is 10.2. The molecular weight excluding hydrogens is 494 g/mol. The van der Waals surface area contributed by atoms with Gasteiger partial charge in [0.25, 0.3) is 11.8 Å². The molecule has 1 aromatic rings. The average Bonchev–Trinajstić information content (AvgIpc) is 3.21. The number of aliphatic hydroxyl groups is 1. The van der Waals surface area contributed by atoms with E-state index in [2.05, 4.69) is 10.6 Å². The largest absolute Gasteiger partial charge is 0.392 e. The predicted molar refractivity (Wildman–Crippen MR) is 139 cm³/mol. The van der Waals surface area contributed by atoms with Gasteiger partial charge < -0.3 is 25.2 Å². The van der Waals surface area contributed by atoms with Gasteiger partial charge in [0.15, 0.2) is 5.78 Å². The molecule has 11 heteroatoms. The zero-order valence-electron chi connectivity index (χ0n) is 22.1. The number of carbonyl (C=O) groups is 5. The van der Waals surface area contributed by atoms with E-state index in [0.29, 0.717) is 5.69 Å². The van der Waals surface area contributed by atoms with Crippen molar-refractivity contribution in [2.45, 2.75) is 46.3 Å². The number of amides is 4. The maximum absolute atomic E-state index is 12.9. The van der Waals surface area contributed by atoms with E-state index in [4.69, 9.17) is 14.6 Å². The topological polar surface area (TPSA) is 151 Å². The Hall–Kier alpha value is -3.41. The Bertz CT molecular complexity index is 988. The maximum atomic E-state index is 12.9. The summed E-state index contributed by atoms with van der Waals surface area (Å²) in [4.78, 5) is 61.7. The first-order valence-corrected chi connectivity index (χ1v) is 12.6. The number of ketones is 1. The van der Waals surface area contributed by atoms with Gasteiger partial charge in [-0.05, 0) is 23.6 Å². The van der Waals surface area contributed by atoms with Crippen LogP contribution in [-0.2, 0) is 40.1 Å². The summed E-state index contributed by atoms with van der Waals surface area (Å²) in [6, 6.07) is 6.04. The molecule has 2 rings (SSSR count). The molecule has 0 bridgehead atoms. The van der Waals surface area contributed by atoms with Gasteiger partial charge in [0.2, 0.25) is 11.8 Å². The van der Waals surface area contributed by atoms with Gasteiger partial charge in [-0.15, -0.1) is 0 Å². The second-order valence-corrected chi connectivity index (χ2v) is 9.34. The second-order valence-electron chi connectivity index (χ2n) is 9.34. The van der Waals surface area contributed by atoms with Crippen LogP contribution in [0, 0.1) is 11.8 Å². The molecule has 0 unspecified atom stereocenters. The molecule has 0 saturated carbocycles. The molecule has 2 atom stereocenters. The smallest absolute Gasteiger partial charge is 0.253 e. The minimum absolute atomic E-state index is 0.0256. The fourth-order valence-electron chi connectivity index (χ4n) is 3.64. The zero-order valence-corrected chi connectivity index (χ0v) is 22.1. The van der Waals surface area contributed by atoms with Crippen molar-refractivity contribution in [2.75, 3.05) is 38.3 Å². The SMILES string of the molecule is CC(C)[C@H](NC(=O)CCOCCOCCN1C(=O)C=CC1=O)C(=O)C[C@@H](C)C(=O)Nc1ccc(CO)cc1. The fourth-order valence-corrected chi connectivity index (χ4v) is 3.64. The van der Waals surface area contributed by atoms with Gasteiger partial charge in [-0.2, -0.15) is 0 Å². The number of aliphatic hydroxyl groups excluding tert-OH is 1. The van der Waals surface area contributed by atoms with E-state index in [1.165, 1.54) is 12.2 Å². The molecule has 0 radical (unpaired) electrons. The first kappa shape index (κ1) is 30.8. The molecular formula is C27H37N3O8. The third-order valence-electron chi connectivity index (χ3n) is 5.89. The number of benzene rings is 1. The molecule has 11 nitrogen and oxygen atoms in total. The van der Waals surface area contributed by atoms with Crippen LogP contribution in [0.25, 0.3) is 0 Å². The van der Waals surface area contributed by atoms with Crippen molar-refractivity contribution in [3.05, 3.63) is 42.0 Å². The summed E-state index contributed by atoms with van der Waals surface area (Å²) in [6.45, 7) is 6.17. The maximum Gasteiger partial charge on any atom is 0.253 e. The Balaban J connectivity index is 1.65. The highest BCUT2D eigenvalue weighted by molar-refractivity contribution is 6.12. The Labute approximate surface area is 222 Å². The number of ether oxygens (including phenoxy) is 2. The minimum atomic E-state index is -0.726. The van der Waals surface area contributed by atoms with Crippen LogP contribution in [-0.4, -0.2) is 78.4 Å². The van der Waals surface area contributed by atoms with Crippen LogP contribution in [0.5, 0.6) is 0 Å². The van der Waals surface area contributed by atoms with E-state index >= 15 is 0 Å². The normalized spacial score (nSPS) is 14.6. The van der Waals surface area contributed by atoms with Gasteiger partial charge in [-0.3, -0.25) is 28.9 Å². The first-order valence-electron chi connectivity index (χ1n) is 12.6. The average molecular weight is 532 g/mol. The lowest BCUT2D eigenvalue weighted by Crippen LogP contribution is -2.45. The molecule has 4 amide bonds. The number of hydrogen-bond donors (Lipinski definition) is 3. The monoisotopic (exact) mass is 531 g/mol. The minimum Gasteiger partial charge on any atom is -0.392 e. The van der Waals surface area contributed by atoms with Crippen molar-refractivity contribution in [1.82, 2.24) is 10.2 Å². The second kappa shape index (κ2) is 15.8. The lowest BCUT2D eigenvalue weighted by molar-refractivity contribution is -0.137. The number of nitrogens with one attached hydrogen (secondary N) is 2. The summed E-state index contributed by atoms with van der Waals surface area (Å²) in [7, 11) is 0. The van der Waals surface area contributed by atoms with Crippen molar-refractivity contribution >= 4 is 35.1 Å². The molecule has 208 valence electrons. The fraction of sp³-hybridized carbons (Fsp3) is 0.519. The number of nitrogens with zero attached hydrogens (tertiary/aromatic N) is 1. The summed E-state index contributed by atoms with van der Waals surface area (Å²) in [6.07, 6.45) is 2.46. The molecule has 0 aromatic heterocycles. The summed E-state index contributed by atoms with van der Waals surface area (Å²) < 4.78 is 10.7. The predicted octanol–water partition coefficient (Wildman–Crippen LogP) is 1.20. The van der Waals surface area contributed by atoms with Crippen LogP contribution >= 0.6 is 0 Å². The number of hydrogen-bond acceptors (Lipinski definition) is 8. The quantitative estimate of drug-likeness (QED) is 0.200. The van der Waals surface area contributed by atoms with Gasteiger partial charge in [0, 0.05) is 36.6 Å². The molecule has 0 fully saturated rings. The Kier molecular flexibility index (Phi) is 12.8. The van der Waals surface area contributed by atoms with E-state index in [1.54, 1.807) is 31.2 Å². The van der Waals surface area contributed by atoms with Crippen molar-refractivity contribution in [2.24, 2.45) is 11.8 Å². The summed E-state index contributed by atoms with van der Waals surface area (Å²) in [5.41, 5.74) is 1.29. The van der Waals surface area contributed by atoms with Crippen molar-refractivity contribution in [3.8, 4) is 0 Å². The molecule has 1 heterocycles. The number of rotatable bonds is 17. The van der Waals surface area contributed by atoms with Gasteiger partial charge in [-0.1, -0.05) is 32.9 Å². The molecule has 0 saturated heterocycles. The van der Waals surface area contributed by atoms with Gasteiger partial charge in [0.1, 0.15) is 0 Å². The lowest BCUT2D eigenvalue weighted by Gasteiger charge is -2.23. The zero-order chi connectivity index (χ0) is 28.1. The van der Waals surface area contributed by atoms with Crippen molar-refractivity contribution in [3.63, 3.8) is 0 Å². The molecule has 0 spiro atoms. The number of Topliss-reactive ketones (excluding diaryl/α,β-unsaturated/α-hetero) is 1. The number of imide groups is 1. The van der Waals surface area contributed by atoms with E-state index in [9.17, 15) is 24.0 Å². The molecule has 1 aliphatic rings.